The Kier molecular flexibility index (Phi) is 5.09. The minimum atomic E-state index is -4.62. The molecule has 1 aromatic carbocycles. The van der Waals surface area contributed by atoms with E-state index in [9.17, 15) is 18.0 Å². The van der Waals surface area contributed by atoms with E-state index in [0.29, 0.717) is 5.82 Å². The van der Waals surface area contributed by atoms with Crippen LogP contribution in [0.3, 0.4) is 0 Å². The Labute approximate surface area is 177 Å². The van der Waals surface area contributed by atoms with Crippen LogP contribution in [0.5, 0.6) is 0 Å². The van der Waals surface area contributed by atoms with E-state index in [1.165, 1.54) is 30.5 Å². The minimum absolute atomic E-state index is 0.0378. The van der Waals surface area contributed by atoms with E-state index >= 15 is 0 Å². The summed E-state index contributed by atoms with van der Waals surface area (Å²) in [5, 5.41) is 6.85. The fourth-order valence-electron chi connectivity index (χ4n) is 3.09. The van der Waals surface area contributed by atoms with Gasteiger partial charge in [0.15, 0.2) is 5.82 Å². The Balaban J connectivity index is 1.82. The Morgan fingerprint density at radius 3 is 2.55 bits per heavy atom. The molecule has 3 heterocycles. The third-order valence-electron chi connectivity index (χ3n) is 4.53. The zero-order valence-electron chi connectivity index (χ0n) is 16.1. The standard InChI is InChI=1S/C18H14ClF3N8O/c1-9(15-25-8-26-30(15)16-23-4-3-5-24-16)27-14-11-6-10(18(20,21)22)7-12(19)13(11)29(2)17(31)28-14/h3-9H,1-2H3,(H,27,28,31). The summed E-state index contributed by atoms with van der Waals surface area (Å²) in [6.45, 7) is 1.68. The molecule has 0 fully saturated rings. The Hall–Kier alpha value is -3.54. The predicted octanol–water partition coefficient (Wildman–Crippen LogP) is 3.15. The van der Waals surface area contributed by atoms with Gasteiger partial charge in [0, 0.05) is 24.8 Å². The maximum absolute atomic E-state index is 13.3. The third kappa shape index (κ3) is 3.81. The summed E-state index contributed by atoms with van der Waals surface area (Å²) in [6, 6.07) is 2.69. The van der Waals surface area contributed by atoms with Gasteiger partial charge in [0.1, 0.15) is 12.1 Å². The van der Waals surface area contributed by atoms with Gasteiger partial charge in [-0.05, 0) is 25.1 Å². The van der Waals surface area contributed by atoms with Crippen molar-refractivity contribution in [2.75, 3.05) is 5.32 Å². The highest BCUT2D eigenvalue weighted by atomic mass is 35.5. The largest absolute Gasteiger partial charge is 0.416 e. The second kappa shape index (κ2) is 7.61. The summed E-state index contributed by atoms with van der Waals surface area (Å²) < 4.78 is 42.5. The second-order valence-corrected chi connectivity index (χ2v) is 7.01. The summed E-state index contributed by atoms with van der Waals surface area (Å²) in [4.78, 5) is 28.6. The first kappa shape index (κ1) is 20.7. The monoisotopic (exact) mass is 450 g/mol. The number of rotatable bonds is 4. The van der Waals surface area contributed by atoms with Gasteiger partial charge in [-0.2, -0.15) is 27.9 Å². The summed E-state index contributed by atoms with van der Waals surface area (Å²) in [5.41, 5.74) is -1.52. The lowest BCUT2D eigenvalue weighted by molar-refractivity contribution is -0.137. The van der Waals surface area contributed by atoms with Crippen molar-refractivity contribution in [3.63, 3.8) is 0 Å². The lowest BCUT2D eigenvalue weighted by Gasteiger charge is -2.18. The normalized spacial score (nSPS) is 12.8. The van der Waals surface area contributed by atoms with E-state index in [0.717, 1.165) is 16.7 Å². The zero-order valence-corrected chi connectivity index (χ0v) is 16.8. The van der Waals surface area contributed by atoms with Gasteiger partial charge in [0.2, 0.25) is 0 Å². The van der Waals surface area contributed by atoms with Crippen LogP contribution < -0.4 is 11.0 Å². The number of nitrogens with zero attached hydrogens (tertiary/aromatic N) is 7. The van der Waals surface area contributed by atoms with Gasteiger partial charge in [0.25, 0.3) is 5.95 Å². The number of alkyl halides is 3. The van der Waals surface area contributed by atoms with E-state index in [2.05, 4.69) is 30.4 Å². The van der Waals surface area contributed by atoms with E-state index in [1.807, 2.05) is 0 Å². The minimum Gasteiger partial charge on any atom is -0.360 e. The molecular weight excluding hydrogens is 437 g/mol. The molecule has 3 aromatic heterocycles. The lowest BCUT2D eigenvalue weighted by atomic mass is 10.1. The molecule has 4 aromatic rings. The Bertz CT molecular complexity index is 1320. The molecule has 1 unspecified atom stereocenters. The van der Waals surface area contributed by atoms with Crippen molar-refractivity contribution < 1.29 is 13.2 Å². The molecule has 0 spiro atoms. The number of aryl methyl sites for hydroxylation is 1. The van der Waals surface area contributed by atoms with Crippen LogP contribution in [0.15, 0.2) is 41.7 Å². The van der Waals surface area contributed by atoms with E-state index in [1.54, 1.807) is 13.0 Å². The average Bonchev–Trinajstić information content (AvgIpc) is 3.21. The van der Waals surface area contributed by atoms with Crippen molar-refractivity contribution in [1.29, 1.82) is 0 Å². The van der Waals surface area contributed by atoms with Gasteiger partial charge >= 0.3 is 11.9 Å². The molecule has 0 saturated carbocycles. The number of hydrogen-bond donors (Lipinski definition) is 1. The summed E-state index contributed by atoms with van der Waals surface area (Å²) in [6.07, 6.45) is -0.274. The number of anilines is 1. The maximum Gasteiger partial charge on any atom is 0.416 e. The highest BCUT2D eigenvalue weighted by Gasteiger charge is 2.32. The van der Waals surface area contributed by atoms with Gasteiger partial charge in [-0.1, -0.05) is 11.6 Å². The van der Waals surface area contributed by atoms with Crippen LogP contribution in [-0.2, 0) is 13.2 Å². The molecule has 0 amide bonds. The van der Waals surface area contributed by atoms with E-state index < -0.39 is 23.5 Å². The maximum atomic E-state index is 13.3. The second-order valence-electron chi connectivity index (χ2n) is 6.60. The molecular formula is C18H14ClF3N8O. The van der Waals surface area contributed by atoms with Crippen LogP contribution in [0.25, 0.3) is 16.9 Å². The molecule has 9 nitrogen and oxygen atoms in total. The topological polar surface area (TPSA) is 103 Å². The summed E-state index contributed by atoms with van der Waals surface area (Å²) in [7, 11) is 1.38. The Morgan fingerprint density at radius 2 is 1.87 bits per heavy atom. The van der Waals surface area contributed by atoms with Crippen LogP contribution in [0.4, 0.5) is 19.0 Å². The van der Waals surface area contributed by atoms with Crippen LogP contribution in [0, 0.1) is 0 Å². The first-order chi connectivity index (χ1) is 14.7. The average molecular weight is 451 g/mol. The highest BCUT2D eigenvalue weighted by molar-refractivity contribution is 6.35. The molecule has 4 rings (SSSR count). The van der Waals surface area contributed by atoms with Crippen LogP contribution in [0.2, 0.25) is 5.02 Å². The van der Waals surface area contributed by atoms with Crippen molar-refractivity contribution >= 4 is 28.3 Å². The molecule has 0 aliphatic rings. The first-order valence-corrected chi connectivity index (χ1v) is 9.26. The molecule has 31 heavy (non-hydrogen) atoms. The number of halogens is 4. The van der Waals surface area contributed by atoms with Crippen LogP contribution >= 0.6 is 11.6 Å². The van der Waals surface area contributed by atoms with Crippen LogP contribution in [-0.4, -0.2) is 34.3 Å². The molecule has 0 aliphatic heterocycles. The number of benzene rings is 1. The molecule has 0 radical (unpaired) electrons. The fraction of sp³-hybridized carbons (Fsp3) is 0.222. The SMILES string of the molecule is CC(Nc1nc(=O)n(C)c2c(Cl)cc(C(F)(F)F)cc12)c1ncnn1-c1ncccn1. The molecule has 1 N–H and O–H groups in total. The first-order valence-electron chi connectivity index (χ1n) is 8.88. The molecule has 1 atom stereocenters. The quantitative estimate of drug-likeness (QED) is 0.509. The summed E-state index contributed by atoms with van der Waals surface area (Å²) in [5.74, 6) is 0.551. The van der Waals surface area contributed by atoms with Crippen molar-refractivity contribution in [2.45, 2.75) is 19.1 Å². The molecule has 13 heteroatoms. The number of aromatic nitrogens is 7. The lowest BCUT2D eigenvalue weighted by Crippen LogP contribution is -2.24. The molecule has 0 bridgehead atoms. The van der Waals surface area contributed by atoms with Crippen molar-refractivity contribution in [2.24, 2.45) is 7.05 Å². The molecule has 160 valence electrons. The van der Waals surface area contributed by atoms with Crippen molar-refractivity contribution in [1.82, 2.24) is 34.3 Å². The number of hydrogen-bond acceptors (Lipinski definition) is 7. The van der Waals surface area contributed by atoms with Crippen molar-refractivity contribution in [3.05, 3.63) is 63.8 Å². The highest BCUT2D eigenvalue weighted by Crippen LogP contribution is 2.36. The number of nitrogens with one attached hydrogen (secondary N) is 1. The van der Waals surface area contributed by atoms with Crippen LogP contribution in [0.1, 0.15) is 24.4 Å². The van der Waals surface area contributed by atoms with Gasteiger partial charge in [0.05, 0.1) is 22.1 Å². The smallest absolute Gasteiger partial charge is 0.360 e. The molecule has 0 saturated heterocycles. The fourth-order valence-corrected chi connectivity index (χ4v) is 3.44. The zero-order chi connectivity index (χ0) is 22.3. The third-order valence-corrected chi connectivity index (χ3v) is 4.82. The van der Waals surface area contributed by atoms with E-state index in [4.69, 9.17) is 11.6 Å². The molecule has 0 aliphatic carbocycles. The van der Waals surface area contributed by atoms with Gasteiger partial charge in [-0.15, -0.1) is 0 Å². The van der Waals surface area contributed by atoms with Crippen molar-refractivity contribution in [3.8, 4) is 5.95 Å². The summed E-state index contributed by atoms with van der Waals surface area (Å²) >= 11 is 6.10. The van der Waals surface area contributed by atoms with Gasteiger partial charge < -0.3 is 5.32 Å². The predicted molar refractivity (Wildman–Crippen MR) is 106 cm³/mol. The Morgan fingerprint density at radius 1 is 1.16 bits per heavy atom. The van der Waals surface area contributed by atoms with Gasteiger partial charge in [-0.25, -0.2) is 19.7 Å². The number of fused-ring (bicyclic) bond motifs is 1. The van der Waals surface area contributed by atoms with Gasteiger partial charge in [-0.3, -0.25) is 4.57 Å². The van der Waals surface area contributed by atoms with E-state index in [-0.39, 0.29) is 27.7 Å².